The highest BCUT2D eigenvalue weighted by molar-refractivity contribution is 9.10. The van der Waals surface area contributed by atoms with E-state index in [1.807, 2.05) is 0 Å². The lowest BCUT2D eigenvalue weighted by Crippen LogP contribution is -2.12. The van der Waals surface area contributed by atoms with Gasteiger partial charge in [0.25, 0.3) is 5.91 Å². The van der Waals surface area contributed by atoms with E-state index in [1.165, 1.54) is 6.92 Å². The van der Waals surface area contributed by atoms with E-state index in [0.717, 1.165) is 0 Å². The zero-order valence-corrected chi connectivity index (χ0v) is 14.7. The summed E-state index contributed by atoms with van der Waals surface area (Å²) in [5, 5.41) is 5.47. The Bertz CT molecular complexity index is 775. The first-order chi connectivity index (χ1) is 11.5. The first-order valence-electron chi connectivity index (χ1n) is 7.22. The zero-order chi connectivity index (χ0) is 17.5. The molecule has 0 aromatic heterocycles. The van der Waals surface area contributed by atoms with E-state index in [2.05, 4.69) is 33.1 Å². The molecule has 0 saturated carbocycles. The Morgan fingerprint density at radius 2 is 1.88 bits per heavy atom. The highest BCUT2D eigenvalue weighted by Crippen LogP contribution is 2.26. The fraction of sp³-hybridized carbons (Fsp3) is 0.111. The fourth-order valence-electron chi connectivity index (χ4n) is 1.99. The van der Waals surface area contributed by atoms with Crippen LogP contribution in [0, 0.1) is 0 Å². The fourth-order valence-corrected chi connectivity index (χ4v) is 2.48. The Morgan fingerprint density at radius 3 is 2.50 bits per heavy atom. The molecule has 0 bridgehead atoms. The maximum absolute atomic E-state index is 12.3. The summed E-state index contributed by atoms with van der Waals surface area (Å²) in [7, 11) is 0. The smallest absolute Gasteiger partial charge is 0.255 e. The maximum atomic E-state index is 12.3. The summed E-state index contributed by atoms with van der Waals surface area (Å²) >= 11 is 3.38. The Labute approximate surface area is 148 Å². The van der Waals surface area contributed by atoms with Gasteiger partial charge in [-0.05, 0) is 52.3 Å². The van der Waals surface area contributed by atoms with Crippen LogP contribution in [0.4, 0.5) is 11.4 Å². The van der Waals surface area contributed by atoms with E-state index in [4.69, 9.17) is 4.74 Å². The van der Waals surface area contributed by atoms with Crippen LogP contribution in [0.25, 0.3) is 0 Å². The van der Waals surface area contributed by atoms with Crippen LogP contribution in [0.2, 0.25) is 0 Å². The van der Waals surface area contributed by atoms with Crippen molar-refractivity contribution in [3.05, 3.63) is 65.2 Å². The molecule has 2 amide bonds. The van der Waals surface area contributed by atoms with Crippen molar-refractivity contribution < 1.29 is 14.3 Å². The van der Waals surface area contributed by atoms with Crippen molar-refractivity contribution >= 4 is 39.1 Å². The van der Waals surface area contributed by atoms with Gasteiger partial charge in [0.15, 0.2) is 0 Å². The number of anilines is 2. The van der Waals surface area contributed by atoms with Crippen LogP contribution in [0.15, 0.2) is 59.6 Å². The molecule has 6 heteroatoms. The first kappa shape index (κ1) is 17.7. The number of carbonyl (C=O) groups is 2. The Balaban J connectivity index is 2.10. The molecule has 0 unspecified atom stereocenters. The molecule has 0 saturated heterocycles. The standard InChI is InChI=1S/C18H17BrN2O3/c1-3-9-24-17-8-7-13(10-16(17)19)18(23)21-15-6-4-5-14(11-15)20-12(2)22/h3-8,10-11H,1,9H2,2H3,(H,20,22)(H,21,23). The number of nitrogens with one attached hydrogen (secondary N) is 2. The van der Waals surface area contributed by atoms with E-state index >= 15 is 0 Å². The molecule has 2 rings (SSSR count). The Hall–Kier alpha value is -2.60. The second kappa shape index (κ2) is 8.31. The summed E-state index contributed by atoms with van der Waals surface area (Å²) in [4.78, 5) is 23.4. The molecule has 0 aliphatic rings. The lowest BCUT2D eigenvalue weighted by atomic mass is 10.2. The number of carbonyl (C=O) groups excluding carboxylic acids is 2. The van der Waals surface area contributed by atoms with Gasteiger partial charge in [-0.3, -0.25) is 9.59 Å². The topological polar surface area (TPSA) is 67.4 Å². The molecule has 0 radical (unpaired) electrons. The zero-order valence-electron chi connectivity index (χ0n) is 13.1. The van der Waals surface area contributed by atoms with Crippen LogP contribution < -0.4 is 15.4 Å². The summed E-state index contributed by atoms with van der Waals surface area (Å²) < 4.78 is 6.14. The van der Waals surface area contributed by atoms with Gasteiger partial charge < -0.3 is 15.4 Å². The second-order valence-corrected chi connectivity index (χ2v) is 5.82. The molecular weight excluding hydrogens is 372 g/mol. The Morgan fingerprint density at radius 1 is 1.17 bits per heavy atom. The largest absolute Gasteiger partial charge is 0.488 e. The molecule has 2 aromatic carbocycles. The molecule has 0 atom stereocenters. The van der Waals surface area contributed by atoms with E-state index in [-0.39, 0.29) is 11.8 Å². The lowest BCUT2D eigenvalue weighted by molar-refractivity contribution is -0.114. The SMILES string of the molecule is C=CCOc1ccc(C(=O)Nc2cccc(NC(C)=O)c2)cc1Br. The summed E-state index contributed by atoms with van der Waals surface area (Å²) in [6.07, 6.45) is 1.65. The van der Waals surface area contributed by atoms with Crippen molar-refractivity contribution in [2.75, 3.05) is 17.2 Å². The number of hydrogen-bond donors (Lipinski definition) is 2. The van der Waals surface area contributed by atoms with E-state index in [9.17, 15) is 9.59 Å². The summed E-state index contributed by atoms with van der Waals surface area (Å²) in [6, 6.07) is 12.0. The van der Waals surface area contributed by atoms with Crippen molar-refractivity contribution in [1.82, 2.24) is 0 Å². The van der Waals surface area contributed by atoms with Crippen LogP contribution in [0.1, 0.15) is 17.3 Å². The molecular formula is C18H17BrN2O3. The first-order valence-corrected chi connectivity index (χ1v) is 8.01. The van der Waals surface area contributed by atoms with Crippen molar-refractivity contribution in [1.29, 1.82) is 0 Å². The molecule has 0 fully saturated rings. The molecule has 2 N–H and O–H groups in total. The molecule has 0 spiro atoms. The molecule has 0 heterocycles. The number of hydrogen-bond acceptors (Lipinski definition) is 3. The van der Waals surface area contributed by atoms with E-state index in [1.54, 1.807) is 48.5 Å². The summed E-state index contributed by atoms with van der Waals surface area (Å²) in [6.45, 7) is 5.41. The van der Waals surface area contributed by atoms with Crippen molar-refractivity contribution in [3.8, 4) is 5.75 Å². The van der Waals surface area contributed by atoms with Crippen molar-refractivity contribution in [2.45, 2.75) is 6.92 Å². The molecule has 0 aliphatic heterocycles. The molecule has 24 heavy (non-hydrogen) atoms. The average molecular weight is 389 g/mol. The highest BCUT2D eigenvalue weighted by atomic mass is 79.9. The van der Waals surface area contributed by atoms with Crippen LogP contribution in [0.3, 0.4) is 0 Å². The minimum atomic E-state index is -0.258. The van der Waals surface area contributed by atoms with Crippen LogP contribution in [-0.2, 0) is 4.79 Å². The third kappa shape index (κ3) is 4.96. The minimum Gasteiger partial charge on any atom is -0.488 e. The number of ether oxygens (including phenoxy) is 1. The van der Waals surface area contributed by atoms with Gasteiger partial charge in [-0.1, -0.05) is 18.7 Å². The number of benzene rings is 2. The third-order valence-corrected chi connectivity index (χ3v) is 3.61. The van der Waals surface area contributed by atoms with Crippen LogP contribution in [-0.4, -0.2) is 18.4 Å². The highest BCUT2D eigenvalue weighted by Gasteiger charge is 2.10. The molecule has 2 aromatic rings. The monoisotopic (exact) mass is 388 g/mol. The summed E-state index contributed by atoms with van der Waals surface area (Å²) in [5.41, 5.74) is 1.70. The molecule has 5 nitrogen and oxygen atoms in total. The lowest BCUT2D eigenvalue weighted by Gasteiger charge is -2.10. The van der Waals surface area contributed by atoms with Crippen LogP contribution in [0.5, 0.6) is 5.75 Å². The van der Waals surface area contributed by atoms with Crippen LogP contribution >= 0.6 is 15.9 Å². The van der Waals surface area contributed by atoms with Gasteiger partial charge in [0.1, 0.15) is 12.4 Å². The maximum Gasteiger partial charge on any atom is 0.255 e. The number of halogens is 1. The molecule has 124 valence electrons. The number of amides is 2. The van der Waals surface area contributed by atoms with Gasteiger partial charge in [0, 0.05) is 23.9 Å². The molecule has 0 aliphatic carbocycles. The van der Waals surface area contributed by atoms with E-state index < -0.39 is 0 Å². The van der Waals surface area contributed by atoms with Gasteiger partial charge in [-0.25, -0.2) is 0 Å². The minimum absolute atomic E-state index is 0.169. The van der Waals surface area contributed by atoms with Gasteiger partial charge in [-0.15, -0.1) is 0 Å². The third-order valence-electron chi connectivity index (χ3n) is 2.99. The van der Waals surface area contributed by atoms with Gasteiger partial charge in [-0.2, -0.15) is 0 Å². The van der Waals surface area contributed by atoms with Crippen molar-refractivity contribution in [2.24, 2.45) is 0 Å². The van der Waals surface area contributed by atoms with Crippen molar-refractivity contribution in [3.63, 3.8) is 0 Å². The normalized spacial score (nSPS) is 9.92. The predicted octanol–water partition coefficient (Wildman–Crippen LogP) is 4.22. The average Bonchev–Trinajstić information content (AvgIpc) is 2.53. The second-order valence-electron chi connectivity index (χ2n) is 4.96. The number of rotatable bonds is 6. The van der Waals surface area contributed by atoms with Gasteiger partial charge in [0.05, 0.1) is 4.47 Å². The summed E-state index contributed by atoms with van der Waals surface area (Å²) in [5.74, 6) is 0.211. The van der Waals surface area contributed by atoms with E-state index in [0.29, 0.717) is 33.8 Å². The Kier molecular flexibility index (Phi) is 6.14. The quantitative estimate of drug-likeness (QED) is 0.727. The predicted molar refractivity (Wildman–Crippen MR) is 98.5 cm³/mol. The van der Waals surface area contributed by atoms with Gasteiger partial charge in [0.2, 0.25) is 5.91 Å². The van der Waals surface area contributed by atoms with Gasteiger partial charge >= 0.3 is 0 Å².